The van der Waals surface area contributed by atoms with Crippen molar-refractivity contribution in [1.29, 1.82) is 0 Å². The molecule has 0 spiro atoms. The molecule has 2 aliphatic rings. The van der Waals surface area contributed by atoms with Gasteiger partial charge in [-0.15, -0.1) is 0 Å². The molecular formula is C51H56F2N12O3. The van der Waals surface area contributed by atoms with Crippen LogP contribution in [0.1, 0.15) is 40.1 Å². The molecule has 2 aliphatic heterocycles. The predicted molar refractivity (Wildman–Crippen MR) is 264 cm³/mol. The van der Waals surface area contributed by atoms with E-state index in [1.165, 1.54) is 30.6 Å². The zero-order valence-electron chi connectivity index (χ0n) is 36.9. The lowest BCUT2D eigenvalue weighted by Gasteiger charge is -2.30. The van der Waals surface area contributed by atoms with Crippen molar-refractivity contribution in [2.24, 2.45) is 0 Å². The van der Waals surface area contributed by atoms with Crippen LogP contribution in [0, 0.1) is 25.5 Å². The average molecular weight is 923 g/mol. The van der Waals surface area contributed by atoms with Crippen molar-refractivity contribution in [3.63, 3.8) is 0 Å². The number of morpholine rings is 2. The molecule has 68 heavy (non-hydrogen) atoms. The number of ether oxygens (including phenoxy) is 2. The highest BCUT2D eigenvalue weighted by atomic mass is 19.1. The summed E-state index contributed by atoms with van der Waals surface area (Å²) in [4.78, 5) is 49.1. The van der Waals surface area contributed by atoms with E-state index >= 15 is 0 Å². The molecule has 2 saturated heterocycles. The van der Waals surface area contributed by atoms with E-state index in [9.17, 15) is 13.6 Å². The minimum atomic E-state index is -0.340. The Labute approximate surface area is 394 Å². The van der Waals surface area contributed by atoms with E-state index in [-0.39, 0.29) is 50.5 Å². The molecular weight excluding hydrogens is 867 g/mol. The topological polar surface area (TPSA) is 192 Å². The molecule has 0 radical (unpaired) electrons. The molecule has 17 heteroatoms. The Morgan fingerprint density at radius 2 is 1.19 bits per heavy atom. The minimum absolute atomic E-state index is 0. The smallest absolute Gasteiger partial charge is 0.324 e. The number of urea groups is 1. The molecule has 4 N–H and O–H groups in total. The normalized spacial score (nSPS) is 15.4. The molecule has 0 aliphatic carbocycles. The fourth-order valence-corrected chi connectivity index (χ4v) is 7.50. The van der Waals surface area contributed by atoms with Crippen LogP contribution >= 0.6 is 0 Å². The van der Waals surface area contributed by atoms with Crippen LogP contribution in [0.2, 0.25) is 0 Å². The maximum absolute atomic E-state index is 13.6. The number of carbonyl (C=O) groups excluding carboxylic acids is 1. The zero-order chi connectivity index (χ0) is 46.2. The fourth-order valence-electron chi connectivity index (χ4n) is 7.50. The largest absolute Gasteiger partial charge is 0.376 e. The van der Waals surface area contributed by atoms with E-state index in [0.29, 0.717) is 42.8 Å². The fraction of sp³-hybridized carbons (Fsp3) is 0.275. The van der Waals surface area contributed by atoms with Gasteiger partial charge in [0, 0.05) is 83.0 Å². The summed E-state index contributed by atoms with van der Waals surface area (Å²) >= 11 is 0. The van der Waals surface area contributed by atoms with E-state index < -0.39 is 0 Å². The number of halogens is 2. The number of aryl methyl sites for hydroxylation is 2. The third-order valence-corrected chi connectivity index (χ3v) is 11.0. The number of rotatable bonds is 5. The summed E-state index contributed by atoms with van der Waals surface area (Å²) in [7, 11) is 0. The molecule has 8 aromatic rings. The van der Waals surface area contributed by atoms with Gasteiger partial charge in [-0.05, 0) is 112 Å². The highest BCUT2D eigenvalue weighted by Crippen LogP contribution is 2.34. The molecule has 15 nitrogen and oxygen atoms in total. The number of hydrogen-bond donors (Lipinski definition) is 3. The number of nitrogens with zero attached hydrogens (tertiary/aromatic N) is 9. The number of nitrogen functional groups attached to an aromatic ring is 1. The highest BCUT2D eigenvalue weighted by Gasteiger charge is 2.23. The van der Waals surface area contributed by atoms with Crippen LogP contribution in [0.15, 0.2) is 110 Å². The number of nitrogens with one attached hydrogen (secondary N) is 2. The molecule has 6 heterocycles. The molecule has 0 bridgehead atoms. The van der Waals surface area contributed by atoms with Crippen LogP contribution in [-0.4, -0.2) is 102 Å². The van der Waals surface area contributed by atoms with Gasteiger partial charge in [-0.25, -0.2) is 53.4 Å². The number of benzene rings is 4. The van der Waals surface area contributed by atoms with Crippen molar-refractivity contribution in [3.8, 4) is 44.8 Å². The van der Waals surface area contributed by atoms with Gasteiger partial charge in [0.05, 0.1) is 47.8 Å². The van der Waals surface area contributed by atoms with E-state index in [0.717, 1.165) is 80.7 Å². The quantitative estimate of drug-likeness (QED) is 0.148. The third-order valence-electron chi connectivity index (χ3n) is 11.0. The first-order valence-electron chi connectivity index (χ1n) is 21.4. The Balaban J connectivity index is 0.000000196. The van der Waals surface area contributed by atoms with Crippen molar-refractivity contribution < 1.29 is 23.0 Å². The molecule has 10 rings (SSSR count). The second-order valence-electron chi connectivity index (χ2n) is 15.8. The minimum Gasteiger partial charge on any atom is -0.376 e. The summed E-state index contributed by atoms with van der Waals surface area (Å²) < 4.78 is 37.6. The lowest BCUT2D eigenvalue weighted by atomic mass is 9.99. The number of hydrogen-bond acceptors (Lipinski definition) is 13. The molecule has 352 valence electrons. The molecule has 2 atom stereocenters. The van der Waals surface area contributed by atoms with Crippen molar-refractivity contribution in [2.45, 2.75) is 54.8 Å². The van der Waals surface area contributed by atoms with E-state index in [4.69, 9.17) is 15.2 Å². The summed E-state index contributed by atoms with van der Waals surface area (Å²) in [6, 6.07) is 23.7. The molecule has 4 aromatic heterocycles. The van der Waals surface area contributed by atoms with Gasteiger partial charge >= 0.3 is 6.03 Å². The van der Waals surface area contributed by atoms with Gasteiger partial charge in [0.2, 0.25) is 11.9 Å². The molecule has 0 unspecified atom stereocenters. The maximum atomic E-state index is 13.6. The summed E-state index contributed by atoms with van der Waals surface area (Å²) in [6.07, 6.45) is 6.84. The van der Waals surface area contributed by atoms with Crippen LogP contribution < -0.4 is 16.4 Å². The first kappa shape index (κ1) is 50.0. The third kappa shape index (κ3) is 12.1. The second kappa shape index (κ2) is 22.8. The van der Waals surface area contributed by atoms with Gasteiger partial charge in [0.15, 0.2) is 0 Å². The van der Waals surface area contributed by atoms with Crippen molar-refractivity contribution >= 4 is 39.7 Å². The van der Waals surface area contributed by atoms with E-state index in [2.05, 4.69) is 57.4 Å². The molecule has 4 aromatic carbocycles. The van der Waals surface area contributed by atoms with Crippen LogP contribution in [0.3, 0.4) is 0 Å². The summed E-state index contributed by atoms with van der Waals surface area (Å²) in [6.45, 7) is 12.3. The Bertz CT molecular complexity index is 2970. The van der Waals surface area contributed by atoms with Gasteiger partial charge in [0.1, 0.15) is 24.3 Å². The zero-order valence-corrected chi connectivity index (χ0v) is 36.9. The van der Waals surface area contributed by atoms with E-state index in [1.54, 1.807) is 47.9 Å². The standard InChI is InChI=1S/C25H23FN6O2.C19H14FN5.C5H11NO.2CH4/c1-15-13-32(9-10-34-15)25(33)31-24-27-12-21(23(30-24)17-3-6-19(26)7-4-17)18-5-8-22-20(11-18)16(2)28-14-29-22;1-11-15-8-13(4-7-17(15)24-10-23-11)16-9-22-19(21)25-18(16)12-2-5-14(20)6-3-12;1-5-4-6-2-3-7-5;;/h3-8,11-12,14-15H,9-10,13H2,1-2H3,(H,27,30,31,33);2-10H,1H3,(H2,21,22,25);5-6H,2-4H2,1H3;2*1H4/t15-;;5-;;/m0.0../s1. The number of amides is 2. The van der Waals surface area contributed by atoms with Crippen molar-refractivity contribution in [1.82, 2.24) is 50.1 Å². The number of anilines is 2. The van der Waals surface area contributed by atoms with Gasteiger partial charge in [-0.3, -0.25) is 5.32 Å². The average Bonchev–Trinajstić information content (AvgIpc) is 3.33. The summed E-state index contributed by atoms with van der Waals surface area (Å²) in [5.41, 5.74) is 15.3. The van der Waals surface area contributed by atoms with Crippen molar-refractivity contribution in [2.75, 3.05) is 50.4 Å². The van der Waals surface area contributed by atoms with Gasteiger partial charge in [-0.1, -0.05) is 27.0 Å². The molecule has 0 saturated carbocycles. The second-order valence-corrected chi connectivity index (χ2v) is 15.8. The molecule has 2 fully saturated rings. The summed E-state index contributed by atoms with van der Waals surface area (Å²) in [5, 5.41) is 7.88. The number of aromatic nitrogens is 8. The first-order valence-corrected chi connectivity index (χ1v) is 21.4. The Morgan fingerprint density at radius 3 is 1.69 bits per heavy atom. The Kier molecular flexibility index (Phi) is 16.8. The van der Waals surface area contributed by atoms with Crippen molar-refractivity contribution in [3.05, 3.63) is 133 Å². The Hall–Kier alpha value is -7.47. The van der Waals surface area contributed by atoms with Gasteiger partial charge in [-0.2, -0.15) is 0 Å². The predicted octanol–water partition coefficient (Wildman–Crippen LogP) is 9.50. The van der Waals surface area contributed by atoms with Crippen LogP contribution in [0.25, 0.3) is 66.6 Å². The number of nitrogens with two attached hydrogens (primary N) is 1. The van der Waals surface area contributed by atoms with Crippen LogP contribution in [0.5, 0.6) is 0 Å². The van der Waals surface area contributed by atoms with Crippen LogP contribution in [-0.2, 0) is 9.47 Å². The first-order chi connectivity index (χ1) is 32.0. The lowest BCUT2D eigenvalue weighted by molar-refractivity contribution is -0.00141. The maximum Gasteiger partial charge on any atom is 0.324 e. The van der Waals surface area contributed by atoms with Gasteiger partial charge in [0.25, 0.3) is 0 Å². The molecule has 2 amide bonds. The van der Waals surface area contributed by atoms with Gasteiger partial charge < -0.3 is 25.4 Å². The number of fused-ring (bicyclic) bond motifs is 2. The Morgan fingerprint density at radius 1 is 0.676 bits per heavy atom. The number of carbonyl (C=O) groups is 1. The highest BCUT2D eigenvalue weighted by molar-refractivity contribution is 5.92. The summed E-state index contributed by atoms with van der Waals surface area (Å²) in [5.74, 6) is -0.297. The lowest BCUT2D eigenvalue weighted by Crippen LogP contribution is -2.46. The van der Waals surface area contributed by atoms with Crippen LogP contribution in [0.4, 0.5) is 25.5 Å². The SMILES string of the molecule is C.C.C[C@H]1CNCCO1.Cc1ncnc2ccc(-c3cnc(N)nc3-c3ccc(F)cc3)cc12.Cc1ncnc2ccc(-c3cnc(NC(=O)N4CCO[C@@H](C)C4)nc3-c3ccc(F)cc3)cc12. The monoisotopic (exact) mass is 922 g/mol. The van der Waals surface area contributed by atoms with E-state index in [1.807, 2.05) is 57.2 Å².